The molecule has 0 fully saturated rings. The molecule has 0 spiro atoms. The molecule has 0 aliphatic heterocycles. The van der Waals surface area contributed by atoms with Crippen LogP contribution in [0.3, 0.4) is 0 Å². The fraction of sp³-hybridized carbons (Fsp3) is 0. The van der Waals surface area contributed by atoms with Gasteiger partial charge in [0.25, 0.3) is 0 Å². The second-order valence-corrected chi connectivity index (χ2v) is 5.66. The lowest BCUT2D eigenvalue weighted by atomic mass is 10.2. The third-order valence-electron chi connectivity index (χ3n) is 1.18. The van der Waals surface area contributed by atoms with E-state index < -0.39 is 0 Å². The van der Waals surface area contributed by atoms with Crippen molar-refractivity contribution in [1.29, 1.82) is 0 Å². The first-order valence-corrected chi connectivity index (χ1v) is 6.41. The van der Waals surface area contributed by atoms with Crippen LogP contribution in [0.15, 0.2) is 16.1 Å². The van der Waals surface area contributed by atoms with Crippen molar-refractivity contribution in [3.63, 3.8) is 0 Å². The molecule has 0 aromatic rings. The molecule has 2 nitrogen and oxygen atoms in total. The molecule has 0 saturated heterocycles. The van der Waals surface area contributed by atoms with Crippen LogP contribution in [0.25, 0.3) is 0 Å². The first kappa shape index (κ1) is 11.3. The molecule has 0 saturated carbocycles. The Balaban J connectivity index is 3.32. The van der Waals surface area contributed by atoms with Gasteiger partial charge in [0.15, 0.2) is 0 Å². The fourth-order valence-corrected chi connectivity index (χ4v) is 3.12. The van der Waals surface area contributed by atoms with Gasteiger partial charge in [-0.2, -0.15) is 0 Å². The number of Topliss-reactive ketones (excluding diaryl/α,β-unsaturated/α-hetero) is 2. The SMILES string of the molecule is O=C1C(Br)=C(Br)C(=O)C(I)=C1I. The molecule has 0 bridgehead atoms. The van der Waals surface area contributed by atoms with E-state index in [4.69, 9.17) is 0 Å². The summed E-state index contributed by atoms with van der Waals surface area (Å²) in [5, 5.41) is 0. The lowest BCUT2D eigenvalue weighted by molar-refractivity contribution is -0.114. The maximum atomic E-state index is 11.3. The summed E-state index contributed by atoms with van der Waals surface area (Å²) >= 11 is 9.83. The van der Waals surface area contributed by atoms with Gasteiger partial charge in [-0.25, -0.2) is 0 Å². The monoisotopic (exact) mass is 516 g/mol. The summed E-state index contributed by atoms with van der Waals surface area (Å²) < 4.78 is 1.54. The molecule has 6 heteroatoms. The average Bonchev–Trinajstić information content (AvgIpc) is 2.08. The van der Waals surface area contributed by atoms with Crippen molar-refractivity contribution in [3.8, 4) is 0 Å². The minimum Gasteiger partial charge on any atom is -0.287 e. The molecule has 0 aromatic heterocycles. The maximum Gasteiger partial charge on any atom is 0.208 e. The zero-order valence-electron chi connectivity index (χ0n) is 5.33. The van der Waals surface area contributed by atoms with E-state index in [1.165, 1.54) is 0 Å². The summed E-state index contributed by atoms with van der Waals surface area (Å²) in [6.07, 6.45) is 0. The summed E-state index contributed by atoms with van der Waals surface area (Å²) in [7, 11) is 0. The van der Waals surface area contributed by atoms with Crippen molar-refractivity contribution < 1.29 is 9.59 Å². The molecule has 1 aliphatic rings. The van der Waals surface area contributed by atoms with Crippen LogP contribution in [0.5, 0.6) is 0 Å². The summed E-state index contributed by atoms with van der Waals surface area (Å²) in [5.41, 5.74) is 0. The molecule has 0 unspecified atom stereocenters. The Morgan fingerprint density at radius 3 is 1.33 bits per heavy atom. The van der Waals surface area contributed by atoms with Crippen molar-refractivity contribution in [2.24, 2.45) is 0 Å². The van der Waals surface area contributed by atoms with Crippen LogP contribution in [-0.4, -0.2) is 11.6 Å². The van der Waals surface area contributed by atoms with Crippen LogP contribution in [0.1, 0.15) is 0 Å². The zero-order chi connectivity index (χ0) is 9.46. The van der Waals surface area contributed by atoms with Crippen LogP contribution in [0.4, 0.5) is 0 Å². The first-order valence-electron chi connectivity index (χ1n) is 2.66. The van der Waals surface area contributed by atoms with Gasteiger partial charge in [-0.1, -0.05) is 0 Å². The Labute approximate surface area is 113 Å². The minimum atomic E-state index is -0.147. The molecule has 0 N–H and O–H groups in total. The van der Waals surface area contributed by atoms with Gasteiger partial charge < -0.3 is 0 Å². The van der Waals surface area contributed by atoms with E-state index in [9.17, 15) is 9.59 Å². The van der Waals surface area contributed by atoms with Crippen molar-refractivity contribution in [2.75, 3.05) is 0 Å². The Kier molecular flexibility index (Phi) is 3.94. The van der Waals surface area contributed by atoms with Gasteiger partial charge in [0.05, 0.1) is 16.1 Å². The first-order chi connectivity index (χ1) is 5.46. The van der Waals surface area contributed by atoms with Gasteiger partial charge in [-0.15, -0.1) is 0 Å². The lowest BCUT2D eigenvalue weighted by Crippen LogP contribution is -2.13. The topological polar surface area (TPSA) is 34.1 Å². The summed E-state index contributed by atoms with van der Waals surface area (Å²) in [5.74, 6) is -0.294. The van der Waals surface area contributed by atoms with Crippen molar-refractivity contribution in [1.82, 2.24) is 0 Å². The largest absolute Gasteiger partial charge is 0.287 e. The highest BCUT2D eigenvalue weighted by Crippen LogP contribution is 2.36. The van der Waals surface area contributed by atoms with Gasteiger partial charge >= 0.3 is 0 Å². The van der Waals surface area contributed by atoms with E-state index in [1.54, 1.807) is 0 Å². The minimum absolute atomic E-state index is 0.147. The predicted molar refractivity (Wildman–Crippen MR) is 70.0 cm³/mol. The highest BCUT2D eigenvalue weighted by Gasteiger charge is 2.29. The number of halogens is 4. The zero-order valence-corrected chi connectivity index (χ0v) is 12.8. The number of rotatable bonds is 0. The van der Waals surface area contributed by atoms with Crippen LogP contribution >= 0.6 is 77.0 Å². The number of carbonyl (C=O) groups is 2. The third kappa shape index (κ3) is 1.85. The molecular formula is C6Br2I2O2. The van der Waals surface area contributed by atoms with Gasteiger partial charge in [-0.05, 0) is 77.0 Å². The molecule has 0 radical (unpaired) electrons. The molecule has 0 amide bonds. The lowest BCUT2D eigenvalue weighted by Gasteiger charge is -2.10. The number of hydrogen-bond donors (Lipinski definition) is 0. The van der Waals surface area contributed by atoms with Gasteiger partial charge in [0, 0.05) is 0 Å². The fourth-order valence-electron chi connectivity index (χ4n) is 0.591. The Hall–Kier alpha value is 1.24. The van der Waals surface area contributed by atoms with Crippen LogP contribution < -0.4 is 0 Å². The molecule has 1 aliphatic carbocycles. The van der Waals surface area contributed by atoms with E-state index in [0.717, 1.165) is 0 Å². The summed E-state index contributed by atoms with van der Waals surface area (Å²) in [6, 6.07) is 0. The molecular weight excluding hydrogens is 518 g/mol. The molecule has 0 aromatic carbocycles. The van der Waals surface area contributed by atoms with Gasteiger partial charge in [0.2, 0.25) is 11.6 Å². The maximum absolute atomic E-state index is 11.3. The van der Waals surface area contributed by atoms with E-state index in [2.05, 4.69) is 31.9 Å². The van der Waals surface area contributed by atoms with E-state index in [1.807, 2.05) is 45.2 Å². The highest BCUT2D eigenvalue weighted by atomic mass is 127. The Bertz CT molecular complexity index is 281. The normalized spacial score (nSPS) is 19.3. The Morgan fingerprint density at radius 2 is 1.08 bits per heavy atom. The molecule has 64 valence electrons. The van der Waals surface area contributed by atoms with Gasteiger partial charge in [-0.3, -0.25) is 9.59 Å². The second-order valence-electron chi connectivity index (χ2n) is 1.91. The van der Waals surface area contributed by atoms with Gasteiger partial charge in [0.1, 0.15) is 0 Å². The number of ketones is 2. The van der Waals surface area contributed by atoms with Crippen molar-refractivity contribution in [2.45, 2.75) is 0 Å². The van der Waals surface area contributed by atoms with Crippen LogP contribution in [0.2, 0.25) is 0 Å². The molecule has 0 heterocycles. The van der Waals surface area contributed by atoms with E-state index >= 15 is 0 Å². The third-order valence-corrected chi connectivity index (χ3v) is 6.32. The molecule has 0 atom stereocenters. The van der Waals surface area contributed by atoms with Crippen LogP contribution in [0, 0.1) is 0 Å². The standard InChI is InChI=1S/C6Br2I2O2/c7-1-2(8)6(12)4(10)3(9)5(1)11. The number of allylic oxidation sites excluding steroid dienone is 4. The van der Waals surface area contributed by atoms with Crippen molar-refractivity contribution >= 4 is 88.6 Å². The smallest absolute Gasteiger partial charge is 0.208 e. The predicted octanol–water partition coefficient (Wildman–Crippen LogP) is 3.22. The highest BCUT2D eigenvalue weighted by molar-refractivity contribution is 14.1. The van der Waals surface area contributed by atoms with Crippen molar-refractivity contribution in [3.05, 3.63) is 16.1 Å². The molecule has 1 rings (SSSR count). The Morgan fingerprint density at radius 1 is 0.833 bits per heavy atom. The number of carbonyl (C=O) groups excluding carboxylic acids is 2. The summed E-state index contributed by atoms with van der Waals surface area (Å²) in [4.78, 5) is 22.7. The molecule has 12 heavy (non-hydrogen) atoms. The number of hydrogen-bond acceptors (Lipinski definition) is 2. The van der Waals surface area contributed by atoms with E-state index in [0.29, 0.717) is 16.1 Å². The summed E-state index contributed by atoms with van der Waals surface area (Å²) in [6.45, 7) is 0. The van der Waals surface area contributed by atoms with E-state index in [-0.39, 0.29) is 11.6 Å². The quantitative estimate of drug-likeness (QED) is 0.365. The second kappa shape index (κ2) is 4.18. The van der Waals surface area contributed by atoms with Crippen LogP contribution in [-0.2, 0) is 9.59 Å². The average molecular weight is 518 g/mol.